The fourth-order valence-electron chi connectivity index (χ4n) is 3.28. The molecule has 0 aliphatic carbocycles. The average Bonchev–Trinajstić information content (AvgIpc) is 3.00. The number of para-hydroxylation sites is 2. The summed E-state index contributed by atoms with van der Waals surface area (Å²) in [7, 11) is 0. The molecule has 0 N–H and O–H groups in total. The molecule has 4 nitrogen and oxygen atoms in total. The van der Waals surface area contributed by atoms with Gasteiger partial charge in [0.1, 0.15) is 6.07 Å². The first-order valence-electron chi connectivity index (χ1n) is 8.33. The van der Waals surface area contributed by atoms with Crippen LogP contribution in [0.25, 0.3) is 16.7 Å². The molecule has 3 aromatic rings. The predicted molar refractivity (Wildman–Crippen MR) is 96.5 cm³/mol. The molecule has 0 bridgehead atoms. The molecule has 4 rings (SSSR count). The van der Waals surface area contributed by atoms with Crippen LogP contribution in [0.5, 0.6) is 0 Å². The van der Waals surface area contributed by atoms with Crippen molar-refractivity contribution in [2.45, 2.75) is 37.3 Å². The number of imidazole rings is 1. The van der Waals surface area contributed by atoms with E-state index in [1.54, 1.807) is 11.8 Å². The number of aryl methyl sites for hydroxylation is 1. The van der Waals surface area contributed by atoms with Crippen LogP contribution in [0.2, 0.25) is 0 Å². The van der Waals surface area contributed by atoms with E-state index in [1.807, 2.05) is 25.1 Å². The predicted octanol–water partition coefficient (Wildman–Crippen LogP) is 4.33. The minimum Gasteiger partial charge on any atom is -0.377 e. The third-order valence-corrected chi connectivity index (χ3v) is 5.68. The Labute approximate surface area is 145 Å². The fourth-order valence-corrected chi connectivity index (χ4v) is 4.47. The zero-order valence-corrected chi connectivity index (χ0v) is 14.5. The summed E-state index contributed by atoms with van der Waals surface area (Å²) in [6.07, 6.45) is 3.88. The van der Waals surface area contributed by atoms with Crippen molar-refractivity contribution in [1.82, 2.24) is 9.38 Å². The molecule has 122 valence electrons. The van der Waals surface area contributed by atoms with Gasteiger partial charge in [0.15, 0.2) is 5.65 Å². The molecule has 3 heterocycles. The minimum absolute atomic E-state index is 0.324. The first-order valence-corrected chi connectivity index (χ1v) is 9.32. The van der Waals surface area contributed by atoms with Gasteiger partial charge in [-0.2, -0.15) is 5.26 Å². The normalized spacial score (nSPS) is 18.1. The molecule has 5 heteroatoms. The fraction of sp³-hybridized carbons (Fsp3) is 0.368. The molecule has 24 heavy (non-hydrogen) atoms. The molecule has 1 aliphatic rings. The zero-order valence-electron chi connectivity index (χ0n) is 13.7. The largest absolute Gasteiger partial charge is 0.377 e. The number of aromatic nitrogens is 2. The number of fused-ring (bicyclic) bond motifs is 3. The number of ether oxygens (including phenoxy) is 1. The van der Waals surface area contributed by atoms with Gasteiger partial charge in [-0.15, -0.1) is 11.8 Å². The van der Waals surface area contributed by atoms with E-state index in [0.717, 1.165) is 46.1 Å². The Kier molecular flexibility index (Phi) is 4.17. The van der Waals surface area contributed by atoms with Gasteiger partial charge in [0.2, 0.25) is 0 Å². The van der Waals surface area contributed by atoms with E-state index in [1.165, 1.54) is 12.8 Å². The molecular weight excluding hydrogens is 318 g/mol. The highest BCUT2D eigenvalue weighted by atomic mass is 32.2. The van der Waals surface area contributed by atoms with Gasteiger partial charge in [0, 0.05) is 12.4 Å². The summed E-state index contributed by atoms with van der Waals surface area (Å²) in [5.74, 6) is 0.937. The van der Waals surface area contributed by atoms with Crippen LogP contribution < -0.4 is 0 Å². The maximum atomic E-state index is 9.54. The van der Waals surface area contributed by atoms with Gasteiger partial charge >= 0.3 is 0 Å². The van der Waals surface area contributed by atoms with Gasteiger partial charge < -0.3 is 4.74 Å². The Morgan fingerprint density at radius 2 is 2.25 bits per heavy atom. The molecule has 1 atom stereocenters. The lowest BCUT2D eigenvalue weighted by Crippen LogP contribution is -2.21. The zero-order chi connectivity index (χ0) is 16.5. The van der Waals surface area contributed by atoms with E-state index < -0.39 is 0 Å². The molecule has 2 aromatic heterocycles. The van der Waals surface area contributed by atoms with E-state index in [-0.39, 0.29) is 0 Å². The van der Waals surface area contributed by atoms with Gasteiger partial charge in [0.05, 0.1) is 27.7 Å². The molecular formula is C19H19N3OS. The van der Waals surface area contributed by atoms with E-state index in [4.69, 9.17) is 9.72 Å². The number of hydrogen-bond donors (Lipinski definition) is 0. The van der Waals surface area contributed by atoms with Crippen molar-refractivity contribution >= 4 is 28.4 Å². The lowest BCUT2D eigenvalue weighted by Gasteiger charge is -2.22. The topological polar surface area (TPSA) is 50.3 Å². The monoisotopic (exact) mass is 337 g/mol. The second-order valence-corrected chi connectivity index (χ2v) is 7.25. The molecule has 0 radical (unpaired) electrons. The number of benzene rings is 1. The lowest BCUT2D eigenvalue weighted by molar-refractivity contribution is 0.0315. The molecule has 0 amide bonds. The molecule has 1 aromatic carbocycles. The Morgan fingerprint density at radius 3 is 3.04 bits per heavy atom. The Hall–Kier alpha value is -2.03. The van der Waals surface area contributed by atoms with Gasteiger partial charge in [-0.05, 0) is 49.9 Å². The Balaban J connectivity index is 1.80. The summed E-state index contributed by atoms with van der Waals surface area (Å²) in [4.78, 5) is 4.70. The van der Waals surface area contributed by atoms with Gasteiger partial charge in [0.25, 0.3) is 0 Å². The lowest BCUT2D eigenvalue weighted by atomic mass is 10.1. The number of thioether (sulfide) groups is 1. The van der Waals surface area contributed by atoms with E-state index in [9.17, 15) is 5.26 Å². The standard InChI is InChI=1S/C19H19N3OS/c1-13-10-18(24-12-14-6-4-5-9-23-14)22-17-8-3-2-7-16(17)21-19(22)15(13)11-20/h2-3,7-8,10,14H,4-6,9,12H2,1H3/t14-/m1/s1. The van der Waals surface area contributed by atoms with Crippen LogP contribution >= 0.6 is 11.8 Å². The Bertz CT molecular complexity index is 935. The average molecular weight is 337 g/mol. The molecule has 1 saturated heterocycles. The molecule has 1 aliphatic heterocycles. The van der Waals surface area contributed by atoms with Crippen molar-refractivity contribution in [3.8, 4) is 6.07 Å². The van der Waals surface area contributed by atoms with Crippen LogP contribution in [-0.2, 0) is 4.74 Å². The SMILES string of the molecule is Cc1cc(SC[C@H]2CCCCO2)n2c(nc3ccccc32)c1C#N. The summed E-state index contributed by atoms with van der Waals surface area (Å²) < 4.78 is 7.98. The highest BCUT2D eigenvalue weighted by Gasteiger charge is 2.18. The smallest absolute Gasteiger partial charge is 0.157 e. The van der Waals surface area contributed by atoms with Gasteiger partial charge in [-0.25, -0.2) is 4.98 Å². The molecule has 0 unspecified atom stereocenters. The van der Waals surface area contributed by atoms with Crippen LogP contribution in [-0.4, -0.2) is 27.8 Å². The third-order valence-electron chi connectivity index (χ3n) is 4.54. The second-order valence-electron chi connectivity index (χ2n) is 6.21. The van der Waals surface area contributed by atoms with E-state index in [0.29, 0.717) is 11.7 Å². The van der Waals surface area contributed by atoms with E-state index >= 15 is 0 Å². The second kappa shape index (κ2) is 6.46. The minimum atomic E-state index is 0.324. The molecule has 1 fully saturated rings. The van der Waals surface area contributed by atoms with Crippen LogP contribution in [0.15, 0.2) is 35.4 Å². The summed E-state index contributed by atoms with van der Waals surface area (Å²) in [5.41, 5.74) is 4.37. The molecule has 0 saturated carbocycles. The van der Waals surface area contributed by atoms with Crippen LogP contribution in [0.1, 0.15) is 30.4 Å². The maximum absolute atomic E-state index is 9.54. The van der Waals surface area contributed by atoms with Crippen molar-refractivity contribution in [3.05, 3.63) is 41.5 Å². The van der Waals surface area contributed by atoms with Gasteiger partial charge in [-0.3, -0.25) is 4.40 Å². The van der Waals surface area contributed by atoms with Crippen molar-refractivity contribution in [3.63, 3.8) is 0 Å². The number of pyridine rings is 1. The van der Waals surface area contributed by atoms with Crippen LogP contribution in [0, 0.1) is 18.3 Å². The first kappa shape index (κ1) is 15.5. The number of nitrogens with zero attached hydrogens (tertiary/aromatic N) is 3. The third kappa shape index (κ3) is 2.66. The molecule has 0 spiro atoms. The van der Waals surface area contributed by atoms with Crippen LogP contribution in [0.3, 0.4) is 0 Å². The number of rotatable bonds is 3. The number of hydrogen-bond acceptors (Lipinski definition) is 4. The summed E-state index contributed by atoms with van der Waals surface area (Å²) in [5, 5.41) is 10.7. The van der Waals surface area contributed by atoms with Crippen LogP contribution in [0.4, 0.5) is 0 Å². The first-order chi connectivity index (χ1) is 11.8. The summed E-state index contributed by atoms with van der Waals surface area (Å²) >= 11 is 1.80. The van der Waals surface area contributed by atoms with Crippen molar-refractivity contribution < 1.29 is 4.74 Å². The van der Waals surface area contributed by atoms with E-state index in [2.05, 4.69) is 22.6 Å². The van der Waals surface area contributed by atoms with Gasteiger partial charge in [-0.1, -0.05) is 12.1 Å². The quantitative estimate of drug-likeness (QED) is 0.668. The van der Waals surface area contributed by atoms with Crippen molar-refractivity contribution in [2.75, 3.05) is 12.4 Å². The summed E-state index contributed by atoms with van der Waals surface area (Å²) in [6.45, 7) is 2.86. The van der Waals surface area contributed by atoms with Crippen molar-refractivity contribution in [2.24, 2.45) is 0 Å². The highest BCUT2D eigenvalue weighted by Crippen LogP contribution is 2.30. The summed E-state index contributed by atoms with van der Waals surface area (Å²) in [6, 6.07) is 12.5. The highest BCUT2D eigenvalue weighted by molar-refractivity contribution is 7.99. The number of nitriles is 1. The maximum Gasteiger partial charge on any atom is 0.157 e. The Morgan fingerprint density at radius 1 is 1.38 bits per heavy atom. The van der Waals surface area contributed by atoms with Crippen molar-refractivity contribution in [1.29, 1.82) is 5.26 Å².